The first kappa shape index (κ1) is 36.9. The number of phosphoric acid groups is 1. The zero-order valence-corrected chi connectivity index (χ0v) is 25.2. The van der Waals surface area contributed by atoms with Crippen LogP contribution in [0.2, 0.25) is 0 Å². The molecule has 0 radical (unpaired) electrons. The second-order valence-electron chi connectivity index (χ2n) is 9.84. The summed E-state index contributed by atoms with van der Waals surface area (Å²) in [6.07, 6.45) is 30.5. The molecule has 39 heavy (non-hydrogen) atoms. The maximum Gasteiger partial charge on any atom is 0.306 e. The molecule has 8 nitrogen and oxygen atoms in total. The van der Waals surface area contributed by atoms with Crippen molar-refractivity contribution >= 4 is 13.8 Å². The number of quaternary nitrogens is 1. The lowest BCUT2D eigenvalue weighted by Crippen LogP contribution is -2.37. The number of likely N-dealkylation sites (N-methyl/N-ethyl adjacent to an activating group) is 1. The zero-order chi connectivity index (χ0) is 29.2. The van der Waals surface area contributed by atoms with E-state index in [1.807, 2.05) is 33.3 Å². The molecule has 9 heteroatoms. The van der Waals surface area contributed by atoms with E-state index >= 15 is 0 Å². The zero-order valence-electron chi connectivity index (χ0n) is 24.3. The van der Waals surface area contributed by atoms with E-state index in [0.717, 1.165) is 38.5 Å². The normalized spacial score (nSPS) is 15.5. The number of aliphatic hydroxyl groups excluding tert-OH is 1. The van der Waals surface area contributed by atoms with Crippen molar-refractivity contribution in [3.8, 4) is 0 Å². The summed E-state index contributed by atoms with van der Waals surface area (Å²) in [7, 11) is 1.17. The Balaban J connectivity index is 3.95. The van der Waals surface area contributed by atoms with Crippen LogP contribution >= 0.6 is 7.82 Å². The second-order valence-corrected chi connectivity index (χ2v) is 11.2. The number of carbonyl (C=O) groups is 1. The molecule has 1 N–H and O–H groups in total. The molecule has 222 valence electrons. The third-order valence-corrected chi connectivity index (χ3v) is 6.01. The van der Waals surface area contributed by atoms with Crippen LogP contribution in [0, 0.1) is 0 Å². The first-order valence-electron chi connectivity index (χ1n) is 13.7. The van der Waals surface area contributed by atoms with E-state index in [1.54, 1.807) is 0 Å². The van der Waals surface area contributed by atoms with Gasteiger partial charge in [0.05, 0.1) is 34.4 Å². The first-order valence-corrected chi connectivity index (χ1v) is 15.2. The lowest BCUT2D eigenvalue weighted by atomic mass is 10.2. The summed E-state index contributed by atoms with van der Waals surface area (Å²) in [6, 6.07) is 0. The van der Waals surface area contributed by atoms with Gasteiger partial charge in [0.2, 0.25) is 0 Å². The van der Waals surface area contributed by atoms with Gasteiger partial charge in [0, 0.05) is 6.42 Å². The topological polar surface area (TPSA) is 105 Å². The van der Waals surface area contributed by atoms with Crippen molar-refractivity contribution in [3.05, 3.63) is 72.9 Å². The van der Waals surface area contributed by atoms with Gasteiger partial charge < -0.3 is 28.3 Å². The molecule has 0 bridgehead atoms. The number of carbonyl (C=O) groups excluding carboxylic acids is 1. The van der Waals surface area contributed by atoms with Crippen LogP contribution in [0.1, 0.15) is 58.3 Å². The number of nitrogens with zero attached hydrogens (tertiary/aromatic N) is 1. The fraction of sp³-hybridized carbons (Fsp3) is 0.567. The molecule has 0 aliphatic carbocycles. The quantitative estimate of drug-likeness (QED) is 0.0744. The van der Waals surface area contributed by atoms with Gasteiger partial charge in [-0.05, 0) is 44.9 Å². The molecular weight excluding hydrogens is 517 g/mol. The predicted octanol–water partition coefficient (Wildman–Crippen LogP) is 5.58. The monoisotopic (exact) mass is 567 g/mol. The van der Waals surface area contributed by atoms with Crippen molar-refractivity contribution in [2.24, 2.45) is 0 Å². The minimum absolute atomic E-state index is 0.0280. The van der Waals surface area contributed by atoms with Crippen molar-refractivity contribution in [1.29, 1.82) is 0 Å². The van der Waals surface area contributed by atoms with Gasteiger partial charge in [0.25, 0.3) is 7.82 Å². The summed E-state index contributed by atoms with van der Waals surface area (Å²) < 4.78 is 27.0. The van der Waals surface area contributed by atoms with Crippen LogP contribution in [-0.2, 0) is 23.1 Å². The highest BCUT2D eigenvalue weighted by molar-refractivity contribution is 7.45. The highest BCUT2D eigenvalue weighted by atomic mass is 31.2. The van der Waals surface area contributed by atoms with Gasteiger partial charge in [-0.2, -0.15) is 0 Å². The molecule has 0 aromatic heterocycles. The van der Waals surface area contributed by atoms with Gasteiger partial charge in [0.1, 0.15) is 19.3 Å². The van der Waals surface area contributed by atoms with Crippen LogP contribution in [0.25, 0.3) is 0 Å². The van der Waals surface area contributed by atoms with Crippen molar-refractivity contribution in [2.45, 2.75) is 64.4 Å². The Bertz CT molecular complexity index is 854. The van der Waals surface area contributed by atoms with Crippen LogP contribution in [0.3, 0.4) is 0 Å². The number of allylic oxidation sites excluding steroid dienone is 12. The van der Waals surface area contributed by atoms with Gasteiger partial charge in [-0.3, -0.25) is 9.36 Å². The minimum Gasteiger partial charge on any atom is -0.756 e. The van der Waals surface area contributed by atoms with E-state index in [9.17, 15) is 19.4 Å². The van der Waals surface area contributed by atoms with Gasteiger partial charge in [-0.1, -0.05) is 79.8 Å². The van der Waals surface area contributed by atoms with Crippen molar-refractivity contribution in [1.82, 2.24) is 0 Å². The third-order valence-electron chi connectivity index (χ3n) is 5.04. The Labute approximate surface area is 236 Å². The Kier molecular flexibility index (Phi) is 22.5. The molecule has 0 amide bonds. The Morgan fingerprint density at radius 3 is 1.72 bits per heavy atom. The second kappa shape index (κ2) is 23.8. The first-order chi connectivity index (χ1) is 18.6. The molecule has 0 aliphatic rings. The number of phosphoric ester groups is 1. The molecule has 0 saturated heterocycles. The maximum atomic E-state index is 12.0. The molecule has 0 aliphatic heterocycles. The number of hydrogen-bond donors (Lipinski definition) is 1. The number of esters is 1. The molecule has 0 heterocycles. The molecular formula is C30H50NO7P. The lowest BCUT2D eigenvalue weighted by Gasteiger charge is -2.28. The number of hydrogen-bond acceptors (Lipinski definition) is 7. The lowest BCUT2D eigenvalue weighted by molar-refractivity contribution is -0.870. The molecule has 2 unspecified atom stereocenters. The summed E-state index contributed by atoms with van der Waals surface area (Å²) >= 11 is 0. The minimum atomic E-state index is -4.54. The largest absolute Gasteiger partial charge is 0.756 e. The number of aliphatic hydroxyl groups is 1. The van der Waals surface area contributed by atoms with Crippen LogP contribution in [0.5, 0.6) is 0 Å². The van der Waals surface area contributed by atoms with Crippen LogP contribution < -0.4 is 4.89 Å². The summed E-state index contributed by atoms with van der Waals surface area (Å²) in [5.41, 5.74) is 0. The highest BCUT2D eigenvalue weighted by Gasteiger charge is 2.19. The molecule has 0 aromatic carbocycles. The molecule has 0 spiro atoms. The van der Waals surface area contributed by atoms with Crippen LogP contribution in [-0.4, -0.2) is 69.2 Å². The number of rotatable bonds is 23. The standard InChI is InChI=1S/C30H50NO7P/c1-5-6-7-8-9-10-11-12-13-14-15-16-17-18-19-20-21-22-23-24-30(33)38-29(27-32)28-37-39(34,35)36-26-25-31(2,3)4/h6-7,9-10,12-13,15-16,18-19,21-22,29,32H,5,8,11,14,17,20,23-28H2,1-4H3/b7-6-,10-9-,13-12-,16-15-,19-18-,22-21-. The highest BCUT2D eigenvalue weighted by Crippen LogP contribution is 2.38. The van der Waals surface area contributed by atoms with E-state index in [2.05, 4.69) is 67.7 Å². The average Bonchev–Trinajstić information content (AvgIpc) is 2.87. The van der Waals surface area contributed by atoms with E-state index in [-0.39, 0.29) is 13.0 Å². The van der Waals surface area contributed by atoms with Gasteiger partial charge in [-0.25, -0.2) is 0 Å². The third kappa shape index (κ3) is 27.3. The Morgan fingerprint density at radius 2 is 1.28 bits per heavy atom. The fourth-order valence-corrected chi connectivity index (χ4v) is 3.58. The van der Waals surface area contributed by atoms with E-state index < -0.39 is 33.1 Å². The van der Waals surface area contributed by atoms with Crippen LogP contribution in [0.15, 0.2) is 72.9 Å². The number of ether oxygens (including phenoxy) is 1. The van der Waals surface area contributed by atoms with Gasteiger partial charge in [0.15, 0.2) is 0 Å². The predicted molar refractivity (Wildman–Crippen MR) is 157 cm³/mol. The smallest absolute Gasteiger partial charge is 0.306 e. The van der Waals surface area contributed by atoms with Gasteiger partial charge in [-0.15, -0.1) is 0 Å². The molecule has 0 saturated carbocycles. The summed E-state index contributed by atoms with van der Waals surface area (Å²) in [5.74, 6) is -0.538. The summed E-state index contributed by atoms with van der Waals surface area (Å²) in [4.78, 5) is 23.8. The fourth-order valence-electron chi connectivity index (χ4n) is 2.85. The SMILES string of the molecule is CC/C=C\C/C=C\C/C=C\C/C=C\C/C=C\C/C=C\CCC(=O)OC(CO)COP(=O)([O-])OCC[N+](C)(C)C. The maximum absolute atomic E-state index is 12.0. The molecule has 0 rings (SSSR count). The molecule has 0 fully saturated rings. The Morgan fingerprint density at radius 1 is 0.821 bits per heavy atom. The van der Waals surface area contributed by atoms with E-state index in [4.69, 9.17) is 13.8 Å². The average molecular weight is 568 g/mol. The van der Waals surface area contributed by atoms with E-state index in [1.165, 1.54) is 0 Å². The Hall–Kier alpha value is -2.06. The van der Waals surface area contributed by atoms with Crippen molar-refractivity contribution in [2.75, 3.05) is 47.5 Å². The van der Waals surface area contributed by atoms with Crippen LogP contribution in [0.4, 0.5) is 0 Å². The summed E-state index contributed by atoms with van der Waals surface area (Å²) in [5, 5.41) is 9.36. The van der Waals surface area contributed by atoms with Crippen molar-refractivity contribution < 1.29 is 37.6 Å². The summed E-state index contributed by atoms with van der Waals surface area (Å²) in [6.45, 7) is 1.54. The van der Waals surface area contributed by atoms with Gasteiger partial charge >= 0.3 is 5.97 Å². The van der Waals surface area contributed by atoms with Crippen molar-refractivity contribution in [3.63, 3.8) is 0 Å². The molecule has 2 atom stereocenters. The molecule has 0 aromatic rings. The van der Waals surface area contributed by atoms with E-state index in [0.29, 0.717) is 17.4 Å².